The molecule has 3 heteroatoms. The Morgan fingerprint density at radius 3 is 2.76 bits per heavy atom. The standard InChI is InChI=1S/C14H29N3/c1-3-8-15-13-7-10-17(11-13)14-6-5-9-16(4-2)12-14/h13-15H,3-12H2,1-2H3. The number of hydrogen-bond donors (Lipinski definition) is 1. The molecule has 2 heterocycles. The first-order valence-electron chi connectivity index (χ1n) is 7.53. The van der Waals surface area contributed by atoms with Crippen molar-refractivity contribution in [3.05, 3.63) is 0 Å². The van der Waals surface area contributed by atoms with Crippen molar-refractivity contribution in [2.75, 3.05) is 39.3 Å². The van der Waals surface area contributed by atoms with E-state index in [9.17, 15) is 0 Å². The molecule has 0 amide bonds. The third-order valence-electron chi connectivity index (χ3n) is 4.35. The van der Waals surface area contributed by atoms with Crippen LogP contribution in [0.15, 0.2) is 0 Å². The van der Waals surface area contributed by atoms with Crippen molar-refractivity contribution in [3.8, 4) is 0 Å². The molecular weight excluding hydrogens is 210 g/mol. The van der Waals surface area contributed by atoms with E-state index in [-0.39, 0.29) is 0 Å². The summed E-state index contributed by atoms with van der Waals surface area (Å²) in [4.78, 5) is 5.34. The Hall–Kier alpha value is -0.120. The molecule has 0 aromatic carbocycles. The SMILES string of the molecule is CCCNC1CCN(C2CCCN(CC)C2)C1. The van der Waals surface area contributed by atoms with Crippen LogP contribution < -0.4 is 5.32 Å². The predicted octanol–water partition coefficient (Wildman–Crippen LogP) is 1.54. The Kier molecular flexibility index (Phi) is 5.26. The summed E-state index contributed by atoms with van der Waals surface area (Å²) in [6.45, 7) is 12.2. The fourth-order valence-corrected chi connectivity index (χ4v) is 3.25. The zero-order valence-corrected chi connectivity index (χ0v) is 11.6. The molecule has 0 aliphatic carbocycles. The summed E-state index contributed by atoms with van der Waals surface area (Å²) < 4.78 is 0. The molecular formula is C14H29N3. The number of hydrogen-bond acceptors (Lipinski definition) is 3. The highest BCUT2D eigenvalue weighted by Gasteiger charge is 2.30. The van der Waals surface area contributed by atoms with Gasteiger partial charge in [-0.2, -0.15) is 0 Å². The van der Waals surface area contributed by atoms with Crippen molar-refractivity contribution in [2.24, 2.45) is 0 Å². The van der Waals surface area contributed by atoms with Crippen LogP contribution in [-0.2, 0) is 0 Å². The van der Waals surface area contributed by atoms with E-state index in [1.54, 1.807) is 0 Å². The Labute approximate surface area is 107 Å². The van der Waals surface area contributed by atoms with Gasteiger partial charge in [0.2, 0.25) is 0 Å². The Morgan fingerprint density at radius 1 is 1.12 bits per heavy atom. The molecule has 17 heavy (non-hydrogen) atoms. The summed E-state index contributed by atoms with van der Waals surface area (Å²) in [5, 5.41) is 3.67. The second-order valence-corrected chi connectivity index (χ2v) is 5.62. The van der Waals surface area contributed by atoms with Gasteiger partial charge in [-0.25, -0.2) is 0 Å². The van der Waals surface area contributed by atoms with E-state index in [0.717, 1.165) is 12.1 Å². The molecule has 2 unspecified atom stereocenters. The lowest BCUT2D eigenvalue weighted by Gasteiger charge is -2.37. The van der Waals surface area contributed by atoms with Crippen LogP contribution in [0.4, 0.5) is 0 Å². The van der Waals surface area contributed by atoms with Crippen LogP contribution in [-0.4, -0.2) is 61.2 Å². The van der Waals surface area contributed by atoms with Crippen LogP contribution in [0.2, 0.25) is 0 Å². The van der Waals surface area contributed by atoms with Gasteiger partial charge in [0.25, 0.3) is 0 Å². The van der Waals surface area contributed by atoms with E-state index in [1.807, 2.05) is 0 Å². The minimum atomic E-state index is 0.756. The molecule has 2 saturated heterocycles. The molecule has 2 aliphatic heterocycles. The third-order valence-corrected chi connectivity index (χ3v) is 4.35. The summed E-state index contributed by atoms with van der Waals surface area (Å²) in [5.41, 5.74) is 0. The number of likely N-dealkylation sites (tertiary alicyclic amines) is 2. The predicted molar refractivity (Wildman–Crippen MR) is 73.4 cm³/mol. The molecule has 100 valence electrons. The summed E-state index contributed by atoms with van der Waals surface area (Å²) in [6.07, 6.45) is 5.41. The molecule has 2 atom stereocenters. The topological polar surface area (TPSA) is 18.5 Å². The number of nitrogens with one attached hydrogen (secondary N) is 1. The lowest BCUT2D eigenvalue weighted by Crippen LogP contribution is -2.47. The molecule has 0 saturated carbocycles. The van der Waals surface area contributed by atoms with Gasteiger partial charge in [-0.3, -0.25) is 4.90 Å². The lowest BCUT2D eigenvalue weighted by molar-refractivity contribution is 0.117. The van der Waals surface area contributed by atoms with Gasteiger partial charge in [-0.05, 0) is 45.3 Å². The average Bonchev–Trinajstić information content (AvgIpc) is 2.85. The van der Waals surface area contributed by atoms with Gasteiger partial charge >= 0.3 is 0 Å². The van der Waals surface area contributed by atoms with E-state index in [1.165, 1.54) is 65.0 Å². The van der Waals surface area contributed by atoms with Crippen LogP contribution in [0.5, 0.6) is 0 Å². The van der Waals surface area contributed by atoms with Gasteiger partial charge in [0.05, 0.1) is 0 Å². The van der Waals surface area contributed by atoms with E-state index in [2.05, 4.69) is 29.0 Å². The van der Waals surface area contributed by atoms with Gasteiger partial charge < -0.3 is 10.2 Å². The second-order valence-electron chi connectivity index (χ2n) is 5.62. The fraction of sp³-hybridized carbons (Fsp3) is 1.00. The maximum atomic E-state index is 3.67. The van der Waals surface area contributed by atoms with E-state index in [0.29, 0.717) is 0 Å². The highest BCUT2D eigenvalue weighted by atomic mass is 15.3. The summed E-state index contributed by atoms with van der Waals surface area (Å²) in [7, 11) is 0. The second kappa shape index (κ2) is 6.72. The fourth-order valence-electron chi connectivity index (χ4n) is 3.25. The van der Waals surface area contributed by atoms with Crippen molar-refractivity contribution in [1.82, 2.24) is 15.1 Å². The van der Waals surface area contributed by atoms with Crippen molar-refractivity contribution >= 4 is 0 Å². The first-order chi connectivity index (χ1) is 8.33. The Morgan fingerprint density at radius 2 is 2.00 bits per heavy atom. The van der Waals surface area contributed by atoms with Crippen LogP contribution >= 0.6 is 0 Å². The third kappa shape index (κ3) is 3.67. The number of likely N-dealkylation sites (N-methyl/N-ethyl adjacent to an activating group) is 1. The highest BCUT2D eigenvalue weighted by molar-refractivity contribution is 4.88. The highest BCUT2D eigenvalue weighted by Crippen LogP contribution is 2.20. The Balaban J connectivity index is 1.75. The zero-order chi connectivity index (χ0) is 12.1. The van der Waals surface area contributed by atoms with E-state index < -0.39 is 0 Å². The van der Waals surface area contributed by atoms with Crippen molar-refractivity contribution in [3.63, 3.8) is 0 Å². The van der Waals surface area contributed by atoms with E-state index >= 15 is 0 Å². The minimum absolute atomic E-state index is 0.756. The van der Waals surface area contributed by atoms with Gasteiger partial charge in [0.15, 0.2) is 0 Å². The van der Waals surface area contributed by atoms with Crippen molar-refractivity contribution < 1.29 is 0 Å². The first-order valence-corrected chi connectivity index (χ1v) is 7.53. The van der Waals surface area contributed by atoms with Crippen LogP contribution in [0, 0.1) is 0 Å². The van der Waals surface area contributed by atoms with Crippen LogP contribution in [0.1, 0.15) is 39.5 Å². The molecule has 1 N–H and O–H groups in total. The van der Waals surface area contributed by atoms with Crippen molar-refractivity contribution in [1.29, 1.82) is 0 Å². The molecule has 0 bridgehead atoms. The largest absolute Gasteiger partial charge is 0.313 e. The molecule has 0 spiro atoms. The van der Waals surface area contributed by atoms with Crippen LogP contribution in [0.3, 0.4) is 0 Å². The maximum Gasteiger partial charge on any atom is 0.0224 e. The van der Waals surface area contributed by atoms with Crippen molar-refractivity contribution in [2.45, 2.75) is 51.6 Å². The Bertz CT molecular complexity index is 220. The summed E-state index contributed by atoms with van der Waals surface area (Å²) >= 11 is 0. The van der Waals surface area contributed by atoms with Gasteiger partial charge in [-0.15, -0.1) is 0 Å². The quantitative estimate of drug-likeness (QED) is 0.785. The molecule has 2 rings (SSSR count). The van der Waals surface area contributed by atoms with Gasteiger partial charge in [0, 0.05) is 31.7 Å². The molecule has 0 radical (unpaired) electrons. The normalized spacial score (nSPS) is 32.1. The molecule has 3 nitrogen and oxygen atoms in total. The minimum Gasteiger partial charge on any atom is -0.313 e. The van der Waals surface area contributed by atoms with Gasteiger partial charge in [-0.1, -0.05) is 13.8 Å². The zero-order valence-electron chi connectivity index (χ0n) is 11.6. The maximum absolute atomic E-state index is 3.67. The molecule has 2 aliphatic rings. The van der Waals surface area contributed by atoms with Gasteiger partial charge in [0.1, 0.15) is 0 Å². The molecule has 0 aromatic rings. The number of rotatable bonds is 5. The summed E-state index contributed by atoms with van der Waals surface area (Å²) in [5.74, 6) is 0. The molecule has 2 fully saturated rings. The summed E-state index contributed by atoms with van der Waals surface area (Å²) in [6, 6.07) is 1.59. The lowest BCUT2D eigenvalue weighted by atomic mass is 10.0. The monoisotopic (exact) mass is 239 g/mol. The average molecular weight is 239 g/mol. The smallest absolute Gasteiger partial charge is 0.0224 e. The van der Waals surface area contributed by atoms with Crippen LogP contribution in [0.25, 0.3) is 0 Å². The van der Waals surface area contributed by atoms with E-state index in [4.69, 9.17) is 0 Å². The number of nitrogens with zero attached hydrogens (tertiary/aromatic N) is 2. The number of piperidine rings is 1. The molecule has 0 aromatic heterocycles. The first kappa shape index (κ1) is 13.3.